The second-order valence-corrected chi connectivity index (χ2v) is 5.25. The van der Waals surface area contributed by atoms with Crippen LogP contribution in [0, 0.1) is 5.82 Å². The lowest BCUT2D eigenvalue weighted by molar-refractivity contribution is 0.629. The zero-order valence-corrected chi connectivity index (χ0v) is 12.0. The second kappa shape index (κ2) is 5.09. The number of halogens is 2. The molecule has 3 nitrogen and oxygen atoms in total. The van der Waals surface area contributed by atoms with Gasteiger partial charge < -0.3 is 5.73 Å². The molecule has 0 unspecified atom stereocenters. The monoisotopic (exact) mass is 331 g/mol. The molecule has 0 saturated heterocycles. The average molecular weight is 332 g/mol. The summed E-state index contributed by atoms with van der Waals surface area (Å²) < 4.78 is 16.3. The third kappa shape index (κ3) is 2.32. The van der Waals surface area contributed by atoms with Crippen molar-refractivity contribution in [2.24, 2.45) is 0 Å². The summed E-state index contributed by atoms with van der Waals surface area (Å²) in [6, 6.07) is 14.4. The Morgan fingerprint density at radius 2 is 1.85 bits per heavy atom. The molecule has 0 aliphatic carbocycles. The Bertz CT molecular complexity index is 753. The van der Waals surface area contributed by atoms with Gasteiger partial charge in [-0.25, -0.2) is 9.07 Å². The van der Waals surface area contributed by atoms with Crippen LogP contribution in [-0.4, -0.2) is 9.78 Å². The summed E-state index contributed by atoms with van der Waals surface area (Å²) in [6.45, 7) is 0. The van der Waals surface area contributed by atoms with Gasteiger partial charge in [0.15, 0.2) is 0 Å². The summed E-state index contributed by atoms with van der Waals surface area (Å²) >= 11 is 3.23. The number of nitrogens with two attached hydrogens (primary N) is 1. The van der Waals surface area contributed by atoms with Crippen LogP contribution in [0.15, 0.2) is 59.2 Å². The molecule has 100 valence electrons. The van der Waals surface area contributed by atoms with Gasteiger partial charge in [-0.3, -0.25) is 0 Å². The fraction of sp³-hybridized carbons (Fsp3) is 0. The number of aromatic nitrogens is 2. The van der Waals surface area contributed by atoms with Crippen LogP contribution in [0.1, 0.15) is 0 Å². The van der Waals surface area contributed by atoms with Crippen LogP contribution < -0.4 is 5.73 Å². The Morgan fingerprint density at radius 3 is 2.55 bits per heavy atom. The number of nitrogen functional groups attached to an aromatic ring is 1. The summed E-state index contributed by atoms with van der Waals surface area (Å²) in [6.07, 6.45) is 1.69. The fourth-order valence-corrected chi connectivity index (χ4v) is 2.32. The number of benzene rings is 2. The molecule has 20 heavy (non-hydrogen) atoms. The highest BCUT2D eigenvalue weighted by atomic mass is 79.9. The molecule has 3 rings (SSSR count). The minimum absolute atomic E-state index is 0.357. The molecule has 0 atom stereocenters. The first-order valence-corrected chi connectivity index (χ1v) is 6.80. The number of hydrogen-bond donors (Lipinski definition) is 1. The minimum atomic E-state index is -0.357. The normalized spacial score (nSPS) is 10.7. The summed E-state index contributed by atoms with van der Waals surface area (Å²) in [5, 5.41) is 4.38. The molecule has 0 aliphatic rings. The quantitative estimate of drug-likeness (QED) is 0.770. The van der Waals surface area contributed by atoms with Crippen LogP contribution in [0.25, 0.3) is 16.9 Å². The lowest BCUT2D eigenvalue weighted by atomic mass is 10.1. The SMILES string of the molecule is Nc1cn(-c2ccccc2)nc1-c1ccc(Br)cc1F. The molecule has 0 spiro atoms. The lowest BCUT2D eigenvalue weighted by Crippen LogP contribution is -1.94. The van der Waals surface area contributed by atoms with Crippen LogP contribution in [-0.2, 0) is 0 Å². The van der Waals surface area contributed by atoms with Crippen molar-refractivity contribution in [2.45, 2.75) is 0 Å². The molecule has 5 heteroatoms. The Hall–Kier alpha value is -2.14. The standard InChI is InChI=1S/C15H11BrFN3/c16-10-6-7-12(13(17)8-10)15-14(18)9-20(19-15)11-4-2-1-3-5-11/h1-9H,18H2. The van der Waals surface area contributed by atoms with Crippen molar-refractivity contribution in [3.8, 4) is 16.9 Å². The van der Waals surface area contributed by atoms with E-state index in [1.165, 1.54) is 6.07 Å². The lowest BCUT2D eigenvalue weighted by Gasteiger charge is -2.02. The van der Waals surface area contributed by atoms with E-state index in [0.29, 0.717) is 21.4 Å². The summed E-state index contributed by atoms with van der Waals surface area (Å²) in [5.41, 5.74) is 8.11. The van der Waals surface area contributed by atoms with E-state index in [2.05, 4.69) is 21.0 Å². The van der Waals surface area contributed by atoms with Gasteiger partial charge in [0.1, 0.15) is 11.5 Å². The largest absolute Gasteiger partial charge is 0.396 e. The zero-order chi connectivity index (χ0) is 14.1. The molecule has 0 saturated carbocycles. The molecule has 1 heterocycles. The van der Waals surface area contributed by atoms with Gasteiger partial charge in [0.2, 0.25) is 0 Å². The Labute approximate surface area is 124 Å². The van der Waals surface area contributed by atoms with Gasteiger partial charge in [0.25, 0.3) is 0 Å². The predicted octanol–water partition coefficient (Wildman–Crippen LogP) is 4.02. The molecule has 0 fully saturated rings. The van der Waals surface area contributed by atoms with Crippen molar-refractivity contribution in [3.05, 3.63) is 65.0 Å². The van der Waals surface area contributed by atoms with Crippen LogP contribution >= 0.6 is 15.9 Å². The Balaban J connectivity index is 2.10. The van der Waals surface area contributed by atoms with Crippen molar-refractivity contribution in [3.63, 3.8) is 0 Å². The van der Waals surface area contributed by atoms with E-state index < -0.39 is 0 Å². The Morgan fingerprint density at radius 1 is 1.10 bits per heavy atom. The van der Waals surface area contributed by atoms with Crippen LogP contribution in [0.5, 0.6) is 0 Å². The van der Waals surface area contributed by atoms with Crippen LogP contribution in [0.3, 0.4) is 0 Å². The maximum Gasteiger partial charge on any atom is 0.133 e. The van der Waals surface area contributed by atoms with Crippen molar-refractivity contribution < 1.29 is 4.39 Å². The number of para-hydroxylation sites is 1. The van der Waals surface area contributed by atoms with Gasteiger partial charge >= 0.3 is 0 Å². The summed E-state index contributed by atoms with van der Waals surface area (Å²) in [5.74, 6) is -0.357. The molecule has 0 radical (unpaired) electrons. The molecule has 0 amide bonds. The number of rotatable bonds is 2. The number of nitrogens with zero attached hydrogens (tertiary/aromatic N) is 2. The smallest absolute Gasteiger partial charge is 0.133 e. The number of anilines is 1. The van der Waals surface area contributed by atoms with E-state index >= 15 is 0 Å². The van der Waals surface area contributed by atoms with Gasteiger partial charge in [-0.2, -0.15) is 5.10 Å². The van der Waals surface area contributed by atoms with E-state index in [4.69, 9.17) is 5.73 Å². The van der Waals surface area contributed by atoms with Crippen LogP contribution in [0.4, 0.5) is 10.1 Å². The third-order valence-corrected chi connectivity index (χ3v) is 3.44. The van der Waals surface area contributed by atoms with Gasteiger partial charge in [0.05, 0.1) is 17.6 Å². The van der Waals surface area contributed by atoms with Crippen molar-refractivity contribution in [2.75, 3.05) is 5.73 Å². The highest BCUT2D eigenvalue weighted by Crippen LogP contribution is 2.29. The Kier molecular flexibility index (Phi) is 3.28. The first-order chi connectivity index (χ1) is 9.65. The second-order valence-electron chi connectivity index (χ2n) is 4.34. The molecule has 0 aliphatic heterocycles. The topological polar surface area (TPSA) is 43.8 Å². The zero-order valence-electron chi connectivity index (χ0n) is 10.4. The third-order valence-electron chi connectivity index (χ3n) is 2.95. The molecular weight excluding hydrogens is 321 g/mol. The van der Waals surface area contributed by atoms with Gasteiger partial charge in [-0.05, 0) is 30.3 Å². The molecule has 3 aromatic rings. The first-order valence-electron chi connectivity index (χ1n) is 6.01. The van der Waals surface area contributed by atoms with Crippen molar-refractivity contribution >= 4 is 21.6 Å². The fourth-order valence-electron chi connectivity index (χ4n) is 1.99. The first kappa shape index (κ1) is 12.9. The highest BCUT2D eigenvalue weighted by molar-refractivity contribution is 9.10. The van der Waals surface area contributed by atoms with Gasteiger partial charge in [-0.1, -0.05) is 34.1 Å². The predicted molar refractivity (Wildman–Crippen MR) is 81.1 cm³/mol. The summed E-state index contributed by atoms with van der Waals surface area (Å²) in [7, 11) is 0. The van der Waals surface area contributed by atoms with E-state index in [1.807, 2.05) is 30.3 Å². The molecule has 1 aromatic heterocycles. The van der Waals surface area contributed by atoms with E-state index in [0.717, 1.165) is 5.69 Å². The molecule has 2 aromatic carbocycles. The van der Waals surface area contributed by atoms with Gasteiger partial charge in [-0.15, -0.1) is 0 Å². The van der Waals surface area contributed by atoms with Gasteiger partial charge in [0, 0.05) is 10.0 Å². The van der Waals surface area contributed by atoms with E-state index in [-0.39, 0.29) is 5.82 Å². The molecule has 2 N–H and O–H groups in total. The maximum atomic E-state index is 14.0. The number of hydrogen-bond acceptors (Lipinski definition) is 2. The molecular formula is C15H11BrFN3. The van der Waals surface area contributed by atoms with E-state index in [1.54, 1.807) is 23.0 Å². The minimum Gasteiger partial charge on any atom is -0.396 e. The summed E-state index contributed by atoms with van der Waals surface area (Å²) in [4.78, 5) is 0. The maximum absolute atomic E-state index is 14.0. The average Bonchev–Trinajstić information content (AvgIpc) is 2.82. The van der Waals surface area contributed by atoms with Crippen molar-refractivity contribution in [1.82, 2.24) is 9.78 Å². The van der Waals surface area contributed by atoms with E-state index in [9.17, 15) is 4.39 Å². The molecule has 0 bridgehead atoms. The highest BCUT2D eigenvalue weighted by Gasteiger charge is 2.13. The van der Waals surface area contributed by atoms with Crippen LogP contribution in [0.2, 0.25) is 0 Å². The van der Waals surface area contributed by atoms with Crippen molar-refractivity contribution in [1.29, 1.82) is 0 Å².